The van der Waals surface area contributed by atoms with E-state index in [0.717, 1.165) is 0 Å². The lowest BCUT2D eigenvalue weighted by atomic mass is 10.3. The van der Waals surface area contributed by atoms with Gasteiger partial charge >= 0.3 is 0 Å². The zero-order chi connectivity index (χ0) is 15.7. The number of hydrogen-bond acceptors (Lipinski definition) is 4. The summed E-state index contributed by atoms with van der Waals surface area (Å²) in [7, 11) is 3.27. The van der Waals surface area contributed by atoms with Gasteiger partial charge in [-0.2, -0.15) is 0 Å². The molecule has 0 aliphatic carbocycles. The largest absolute Gasteiger partial charge is 0.383 e. The van der Waals surface area contributed by atoms with Crippen LogP contribution in [0.4, 0.5) is 5.69 Å². The van der Waals surface area contributed by atoms with Crippen LogP contribution in [0, 0.1) is 0 Å². The van der Waals surface area contributed by atoms with E-state index in [-0.39, 0.29) is 24.9 Å². The van der Waals surface area contributed by atoms with Crippen molar-refractivity contribution in [3.63, 3.8) is 0 Å². The predicted molar refractivity (Wildman–Crippen MR) is 82.5 cm³/mol. The Bertz CT molecular complexity index is 465. The first-order valence-electron chi connectivity index (χ1n) is 6.51. The molecule has 0 atom stereocenters. The molecule has 0 unspecified atom stereocenters. The van der Waals surface area contributed by atoms with Gasteiger partial charge in [0.1, 0.15) is 0 Å². The highest BCUT2D eigenvalue weighted by Crippen LogP contribution is 2.13. The Morgan fingerprint density at radius 1 is 1.19 bits per heavy atom. The Hall–Kier alpha value is -1.63. The summed E-state index contributed by atoms with van der Waals surface area (Å²) in [6, 6.07) is 6.84. The van der Waals surface area contributed by atoms with Gasteiger partial charge in [0, 0.05) is 24.4 Å². The third kappa shape index (κ3) is 7.65. The van der Waals surface area contributed by atoms with Crippen molar-refractivity contribution in [2.24, 2.45) is 0 Å². The first-order valence-corrected chi connectivity index (χ1v) is 6.88. The predicted octanol–water partition coefficient (Wildman–Crippen LogP) is 0.973. The Balaban J connectivity index is 2.30. The van der Waals surface area contributed by atoms with E-state index < -0.39 is 0 Å². The number of ether oxygens (including phenoxy) is 1. The average molecular weight is 314 g/mol. The number of carbonyl (C=O) groups excluding carboxylic acids is 2. The Morgan fingerprint density at radius 2 is 1.81 bits per heavy atom. The van der Waals surface area contributed by atoms with E-state index in [1.54, 1.807) is 43.3 Å². The first-order chi connectivity index (χ1) is 10.0. The molecule has 2 amide bonds. The van der Waals surface area contributed by atoms with Crippen molar-refractivity contribution in [2.45, 2.75) is 0 Å². The van der Waals surface area contributed by atoms with Crippen molar-refractivity contribution in [3.05, 3.63) is 29.3 Å². The van der Waals surface area contributed by atoms with Crippen molar-refractivity contribution >= 4 is 29.1 Å². The third-order valence-corrected chi connectivity index (χ3v) is 2.84. The Morgan fingerprint density at radius 3 is 2.43 bits per heavy atom. The number of hydrogen-bond donors (Lipinski definition) is 2. The summed E-state index contributed by atoms with van der Waals surface area (Å²) in [5.41, 5.74) is 0.669. The maximum absolute atomic E-state index is 11.8. The molecule has 2 N–H and O–H groups in total. The monoisotopic (exact) mass is 313 g/mol. The molecule has 0 radical (unpaired) electrons. The van der Waals surface area contributed by atoms with Crippen molar-refractivity contribution in [1.82, 2.24) is 10.2 Å². The number of rotatable bonds is 8. The molecule has 1 aromatic carbocycles. The van der Waals surface area contributed by atoms with E-state index >= 15 is 0 Å². The van der Waals surface area contributed by atoms with E-state index in [9.17, 15) is 9.59 Å². The van der Waals surface area contributed by atoms with E-state index in [1.807, 2.05) is 0 Å². The van der Waals surface area contributed by atoms with Crippen LogP contribution in [0.5, 0.6) is 0 Å². The fourth-order valence-corrected chi connectivity index (χ4v) is 1.75. The van der Waals surface area contributed by atoms with Crippen LogP contribution in [0.2, 0.25) is 5.02 Å². The maximum atomic E-state index is 11.8. The van der Waals surface area contributed by atoms with Gasteiger partial charge in [0.15, 0.2) is 0 Å². The van der Waals surface area contributed by atoms with Gasteiger partial charge in [0.05, 0.1) is 19.7 Å². The molecule has 0 aliphatic heterocycles. The van der Waals surface area contributed by atoms with E-state index in [2.05, 4.69) is 10.6 Å². The zero-order valence-electron chi connectivity index (χ0n) is 12.2. The maximum Gasteiger partial charge on any atom is 0.238 e. The SMILES string of the molecule is COCCNC(=O)CN(C)CC(=O)Nc1ccc(Cl)cc1. The van der Waals surface area contributed by atoms with Crippen molar-refractivity contribution in [3.8, 4) is 0 Å². The van der Waals surface area contributed by atoms with Crippen LogP contribution in [0.25, 0.3) is 0 Å². The minimum Gasteiger partial charge on any atom is -0.383 e. The van der Waals surface area contributed by atoms with E-state index in [1.165, 1.54) is 0 Å². The summed E-state index contributed by atoms with van der Waals surface area (Å²) in [5, 5.41) is 6.04. The Labute approximate surface area is 129 Å². The van der Waals surface area contributed by atoms with Crippen LogP contribution in [0.1, 0.15) is 0 Å². The number of halogens is 1. The second-order valence-electron chi connectivity index (χ2n) is 4.57. The molecule has 0 fully saturated rings. The lowest BCUT2D eigenvalue weighted by Gasteiger charge is -2.16. The lowest BCUT2D eigenvalue weighted by Crippen LogP contribution is -2.39. The summed E-state index contributed by atoms with van der Waals surface area (Å²) in [6.45, 7) is 1.20. The molecule has 1 rings (SSSR count). The summed E-state index contributed by atoms with van der Waals surface area (Å²) < 4.78 is 4.83. The molecule has 0 saturated carbocycles. The van der Waals surface area contributed by atoms with Crippen molar-refractivity contribution < 1.29 is 14.3 Å². The minimum atomic E-state index is -0.190. The molecule has 6 nitrogen and oxygen atoms in total. The Kier molecular flexibility index (Phi) is 7.74. The van der Waals surface area contributed by atoms with Gasteiger partial charge in [0.25, 0.3) is 0 Å². The number of methoxy groups -OCH3 is 1. The van der Waals surface area contributed by atoms with Crippen LogP contribution in [0.15, 0.2) is 24.3 Å². The minimum absolute atomic E-state index is 0.125. The normalized spacial score (nSPS) is 10.5. The molecule has 0 aliphatic rings. The number of likely N-dealkylation sites (N-methyl/N-ethyl adjacent to an activating group) is 1. The summed E-state index contributed by atoms with van der Waals surface area (Å²) in [5.74, 6) is -0.335. The number of carbonyl (C=O) groups is 2. The van der Waals surface area contributed by atoms with Crippen molar-refractivity contribution in [1.29, 1.82) is 0 Å². The molecule has 0 bridgehead atoms. The van der Waals surface area contributed by atoms with Crippen LogP contribution in [-0.2, 0) is 14.3 Å². The standard InChI is InChI=1S/C14H20ClN3O3/c1-18(9-13(19)16-7-8-21-2)10-14(20)17-12-5-3-11(15)4-6-12/h3-6H,7-10H2,1-2H3,(H,16,19)(H,17,20). The molecule has 0 spiro atoms. The third-order valence-electron chi connectivity index (χ3n) is 2.58. The zero-order valence-corrected chi connectivity index (χ0v) is 12.9. The fraction of sp³-hybridized carbons (Fsp3) is 0.429. The van der Waals surface area contributed by atoms with Crippen LogP contribution >= 0.6 is 11.6 Å². The number of anilines is 1. The second-order valence-corrected chi connectivity index (χ2v) is 5.01. The number of nitrogens with zero attached hydrogens (tertiary/aromatic N) is 1. The average Bonchev–Trinajstić information content (AvgIpc) is 2.41. The van der Waals surface area contributed by atoms with Gasteiger partial charge in [-0.1, -0.05) is 11.6 Å². The number of amides is 2. The fourth-order valence-electron chi connectivity index (χ4n) is 1.63. The van der Waals surface area contributed by atoms with Gasteiger partial charge in [0.2, 0.25) is 11.8 Å². The highest BCUT2D eigenvalue weighted by Gasteiger charge is 2.10. The molecular weight excluding hydrogens is 294 g/mol. The molecule has 21 heavy (non-hydrogen) atoms. The lowest BCUT2D eigenvalue weighted by molar-refractivity contribution is -0.123. The summed E-state index contributed by atoms with van der Waals surface area (Å²) in [4.78, 5) is 25.0. The smallest absolute Gasteiger partial charge is 0.238 e. The van der Waals surface area contributed by atoms with Gasteiger partial charge in [-0.25, -0.2) is 0 Å². The first kappa shape index (κ1) is 17.4. The highest BCUT2D eigenvalue weighted by atomic mass is 35.5. The molecule has 0 heterocycles. The molecule has 116 valence electrons. The van der Waals surface area contributed by atoms with Crippen LogP contribution < -0.4 is 10.6 Å². The molecular formula is C14H20ClN3O3. The topological polar surface area (TPSA) is 70.7 Å². The van der Waals surface area contributed by atoms with Gasteiger partial charge in [-0.3, -0.25) is 14.5 Å². The van der Waals surface area contributed by atoms with Gasteiger partial charge in [-0.15, -0.1) is 0 Å². The van der Waals surface area contributed by atoms with Crippen molar-refractivity contribution in [2.75, 3.05) is 45.7 Å². The molecule has 0 saturated heterocycles. The van der Waals surface area contributed by atoms with Crippen LogP contribution in [-0.4, -0.2) is 57.1 Å². The molecule has 1 aromatic rings. The molecule has 0 aromatic heterocycles. The summed E-state index contributed by atoms with van der Waals surface area (Å²) in [6.07, 6.45) is 0. The van der Waals surface area contributed by atoms with E-state index in [0.29, 0.717) is 23.9 Å². The highest BCUT2D eigenvalue weighted by molar-refractivity contribution is 6.30. The second kappa shape index (κ2) is 9.33. The molecule has 7 heteroatoms. The van der Waals surface area contributed by atoms with Gasteiger partial charge in [-0.05, 0) is 31.3 Å². The van der Waals surface area contributed by atoms with E-state index in [4.69, 9.17) is 16.3 Å². The van der Waals surface area contributed by atoms with Gasteiger partial charge < -0.3 is 15.4 Å². The quantitative estimate of drug-likeness (QED) is 0.702. The summed E-state index contributed by atoms with van der Waals surface area (Å²) >= 11 is 5.77. The number of benzene rings is 1. The van der Waals surface area contributed by atoms with Crippen LogP contribution in [0.3, 0.4) is 0 Å². The number of nitrogens with one attached hydrogen (secondary N) is 2.